The Morgan fingerprint density at radius 1 is 0.656 bits per heavy atom. The summed E-state index contributed by atoms with van der Waals surface area (Å²) in [6.07, 6.45) is 19.1. The second-order valence-corrected chi connectivity index (χ2v) is 9.63. The predicted molar refractivity (Wildman–Crippen MR) is 134 cm³/mol. The highest BCUT2D eigenvalue weighted by Gasteiger charge is 2.29. The number of unbranched alkanes of at least 4 members (excludes halogenated alkanes) is 13. The van der Waals surface area contributed by atoms with E-state index in [1.165, 1.54) is 81.9 Å². The predicted octanol–water partition coefficient (Wildman–Crippen LogP) is 7.90. The fourth-order valence-corrected chi connectivity index (χ4v) is 3.84. The summed E-state index contributed by atoms with van der Waals surface area (Å²) in [5.41, 5.74) is 0. The first-order valence-corrected chi connectivity index (χ1v) is 13.5. The summed E-state index contributed by atoms with van der Waals surface area (Å²) in [7, 11) is 1.62. The van der Waals surface area contributed by atoms with Crippen molar-refractivity contribution in [3.63, 3.8) is 0 Å². The summed E-state index contributed by atoms with van der Waals surface area (Å²) in [6.45, 7) is 9.10. The van der Waals surface area contributed by atoms with Gasteiger partial charge in [-0.1, -0.05) is 111 Å². The van der Waals surface area contributed by atoms with E-state index in [4.69, 9.17) is 9.47 Å². The fraction of sp³-hybridized carbons (Fsp3) is 0.926. The second kappa shape index (κ2) is 21.6. The zero-order valence-corrected chi connectivity index (χ0v) is 22.0. The molecule has 0 saturated carbocycles. The van der Waals surface area contributed by atoms with Crippen molar-refractivity contribution in [1.29, 1.82) is 0 Å². The third kappa shape index (κ3) is 17.3. The molecule has 5 heteroatoms. The van der Waals surface area contributed by atoms with E-state index in [9.17, 15) is 9.59 Å². The summed E-state index contributed by atoms with van der Waals surface area (Å²) in [5, 5.41) is 0. The molecule has 32 heavy (non-hydrogen) atoms. The lowest BCUT2D eigenvalue weighted by atomic mass is 10.0. The van der Waals surface area contributed by atoms with Gasteiger partial charge in [-0.15, -0.1) is 0 Å². The highest BCUT2D eigenvalue weighted by atomic mass is 16.6. The quantitative estimate of drug-likeness (QED) is 0.130. The van der Waals surface area contributed by atoms with Crippen LogP contribution in [0.1, 0.15) is 130 Å². The van der Waals surface area contributed by atoms with E-state index in [-0.39, 0.29) is 11.9 Å². The molecule has 0 aromatic rings. The number of nitrogens with zero attached hydrogens (tertiary/aromatic N) is 1. The van der Waals surface area contributed by atoms with Crippen LogP contribution in [-0.2, 0) is 14.3 Å². The largest absolute Gasteiger partial charge is 0.464 e. The van der Waals surface area contributed by atoms with E-state index >= 15 is 0 Å². The summed E-state index contributed by atoms with van der Waals surface area (Å²) < 4.78 is 10.7. The van der Waals surface area contributed by atoms with Crippen molar-refractivity contribution < 1.29 is 19.1 Å². The van der Waals surface area contributed by atoms with Crippen LogP contribution in [0, 0.1) is 5.92 Å². The van der Waals surface area contributed by atoms with E-state index < -0.39 is 12.1 Å². The van der Waals surface area contributed by atoms with Crippen LogP contribution in [-0.4, -0.2) is 43.3 Å². The first-order chi connectivity index (χ1) is 15.4. The van der Waals surface area contributed by atoms with Gasteiger partial charge in [-0.25, -0.2) is 9.59 Å². The van der Waals surface area contributed by atoms with Crippen molar-refractivity contribution in [2.45, 2.75) is 136 Å². The molecule has 0 saturated heterocycles. The lowest BCUT2D eigenvalue weighted by Crippen LogP contribution is -2.44. The Kier molecular flexibility index (Phi) is 20.7. The zero-order chi connectivity index (χ0) is 24.0. The minimum Gasteiger partial charge on any atom is -0.464 e. The monoisotopic (exact) mass is 455 g/mol. The molecule has 0 spiro atoms. The third-order valence-electron chi connectivity index (χ3n) is 5.89. The first-order valence-electron chi connectivity index (χ1n) is 13.5. The molecular formula is C27H53NO4. The van der Waals surface area contributed by atoms with E-state index in [1.807, 2.05) is 20.8 Å². The third-order valence-corrected chi connectivity index (χ3v) is 5.89. The summed E-state index contributed by atoms with van der Waals surface area (Å²) in [4.78, 5) is 26.1. The molecular weight excluding hydrogens is 402 g/mol. The van der Waals surface area contributed by atoms with E-state index in [1.54, 1.807) is 7.05 Å². The van der Waals surface area contributed by atoms with E-state index in [2.05, 4.69) is 6.92 Å². The Bertz CT molecular complexity index is 453. The van der Waals surface area contributed by atoms with Crippen LogP contribution >= 0.6 is 0 Å². The maximum Gasteiger partial charge on any atom is 0.410 e. The molecule has 1 atom stereocenters. The highest BCUT2D eigenvalue weighted by Crippen LogP contribution is 2.15. The molecule has 5 nitrogen and oxygen atoms in total. The Balaban J connectivity index is 3.82. The van der Waals surface area contributed by atoms with Gasteiger partial charge in [0.2, 0.25) is 0 Å². The van der Waals surface area contributed by atoms with Gasteiger partial charge in [0.15, 0.2) is 0 Å². The van der Waals surface area contributed by atoms with Crippen molar-refractivity contribution in [1.82, 2.24) is 4.90 Å². The number of ether oxygens (including phenoxy) is 2. The van der Waals surface area contributed by atoms with Gasteiger partial charge in [0.1, 0.15) is 6.04 Å². The number of rotatable bonds is 21. The summed E-state index contributed by atoms with van der Waals surface area (Å²) in [6, 6.07) is -0.578. The van der Waals surface area contributed by atoms with Crippen molar-refractivity contribution in [2.75, 3.05) is 20.3 Å². The minimum atomic E-state index is -0.578. The van der Waals surface area contributed by atoms with Gasteiger partial charge in [0.05, 0.1) is 13.2 Å². The number of amides is 1. The standard InChI is InChI=1S/C27H53NO4/c1-6-8-9-10-11-12-13-14-15-16-17-18-19-20-22-31-26(29)25(23-24(3)4)28(5)27(30)32-21-7-2/h24-25H,6-23H2,1-5H3. The topological polar surface area (TPSA) is 55.8 Å². The zero-order valence-electron chi connectivity index (χ0n) is 22.0. The maximum absolute atomic E-state index is 12.6. The van der Waals surface area contributed by atoms with Gasteiger partial charge in [0, 0.05) is 7.05 Å². The Morgan fingerprint density at radius 2 is 1.12 bits per heavy atom. The van der Waals surface area contributed by atoms with Gasteiger partial charge in [0.25, 0.3) is 0 Å². The van der Waals surface area contributed by atoms with Crippen LogP contribution in [0.4, 0.5) is 4.79 Å². The average molecular weight is 456 g/mol. The average Bonchev–Trinajstić information content (AvgIpc) is 2.77. The van der Waals surface area contributed by atoms with Crippen LogP contribution in [0.2, 0.25) is 0 Å². The van der Waals surface area contributed by atoms with Gasteiger partial charge in [-0.3, -0.25) is 4.90 Å². The molecule has 0 bridgehead atoms. The molecule has 0 heterocycles. The van der Waals surface area contributed by atoms with Crippen LogP contribution in [0.25, 0.3) is 0 Å². The van der Waals surface area contributed by atoms with Gasteiger partial charge in [-0.05, 0) is 25.2 Å². The first kappa shape index (κ1) is 30.7. The number of carbonyl (C=O) groups excluding carboxylic acids is 2. The van der Waals surface area contributed by atoms with Gasteiger partial charge in [-0.2, -0.15) is 0 Å². The number of hydrogen-bond donors (Lipinski definition) is 0. The SMILES string of the molecule is CCCCCCCCCCCCCCCCOC(=O)C(CC(C)C)N(C)C(=O)OCCC. The van der Waals surface area contributed by atoms with Crippen molar-refractivity contribution >= 4 is 12.1 Å². The minimum absolute atomic E-state index is 0.287. The molecule has 190 valence electrons. The van der Waals surface area contributed by atoms with Crippen LogP contribution in [0.3, 0.4) is 0 Å². The van der Waals surface area contributed by atoms with Crippen LogP contribution in [0.15, 0.2) is 0 Å². The maximum atomic E-state index is 12.6. The Morgan fingerprint density at radius 3 is 1.56 bits per heavy atom. The fourth-order valence-electron chi connectivity index (χ4n) is 3.84. The van der Waals surface area contributed by atoms with Crippen LogP contribution < -0.4 is 0 Å². The number of carbonyl (C=O) groups is 2. The van der Waals surface area contributed by atoms with E-state index in [0.29, 0.717) is 19.6 Å². The summed E-state index contributed by atoms with van der Waals surface area (Å²) >= 11 is 0. The molecule has 0 N–H and O–H groups in total. The normalized spacial score (nSPS) is 12.1. The van der Waals surface area contributed by atoms with Crippen molar-refractivity contribution in [3.05, 3.63) is 0 Å². The molecule has 0 aromatic carbocycles. The van der Waals surface area contributed by atoms with Crippen molar-refractivity contribution in [3.8, 4) is 0 Å². The molecule has 1 unspecified atom stereocenters. The molecule has 0 aromatic heterocycles. The Hall–Kier alpha value is -1.26. The highest BCUT2D eigenvalue weighted by molar-refractivity contribution is 5.81. The molecule has 0 aliphatic carbocycles. The number of likely N-dealkylation sites (N-methyl/N-ethyl adjacent to an activating group) is 1. The van der Waals surface area contributed by atoms with Crippen molar-refractivity contribution in [2.24, 2.45) is 5.92 Å². The molecule has 0 fully saturated rings. The number of esters is 1. The Labute approximate surface area is 199 Å². The molecule has 0 rings (SSSR count). The second-order valence-electron chi connectivity index (χ2n) is 9.63. The summed E-state index contributed by atoms with van der Waals surface area (Å²) in [5.74, 6) is -0.0284. The van der Waals surface area contributed by atoms with Crippen LogP contribution in [0.5, 0.6) is 0 Å². The van der Waals surface area contributed by atoms with Gasteiger partial charge < -0.3 is 9.47 Å². The van der Waals surface area contributed by atoms with Gasteiger partial charge >= 0.3 is 12.1 Å². The number of hydrogen-bond acceptors (Lipinski definition) is 4. The molecule has 0 aliphatic heterocycles. The van der Waals surface area contributed by atoms with E-state index in [0.717, 1.165) is 19.3 Å². The lowest BCUT2D eigenvalue weighted by Gasteiger charge is -2.27. The molecule has 0 radical (unpaired) electrons. The smallest absolute Gasteiger partial charge is 0.410 e. The lowest BCUT2D eigenvalue weighted by molar-refractivity contribution is -0.149. The molecule has 0 aliphatic rings. The molecule has 1 amide bonds.